The van der Waals surface area contributed by atoms with Crippen molar-refractivity contribution in [3.05, 3.63) is 82.1 Å². The van der Waals surface area contributed by atoms with Crippen LogP contribution in [0.3, 0.4) is 0 Å². The Hall–Kier alpha value is -3.56. The van der Waals surface area contributed by atoms with E-state index in [1.807, 2.05) is 49.4 Å². The van der Waals surface area contributed by atoms with Crippen molar-refractivity contribution in [2.24, 2.45) is 0 Å². The lowest BCUT2D eigenvalue weighted by Crippen LogP contribution is -2.29. The summed E-state index contributed by atoms with van der Waals surface area (Å²) in [6.45, 7) is 4.32. The van der Waals surface area contributed by atoms with E-state index >= 15 is 0 Å². The number of aryl methyl sites for hydroxylation is 2. The fraction of sp³-hybridized carbons (Fsp3) is 0.276. The molecule has 1 aliphatic rings. The minimum absolute atomic E-state index is 0.00753. The molecule has 9 heteroatoms. The largest absolute Gasteiger partial charge is 0.466 e. The number of rotatable bonds is 11. The molecule has 0 atom stereocenters. The van der Waals surface area contributed by atoms with Gasteiger partial charge in [0, 0.05) is 36.9 Å². The maximum Gasteiger partial charge on any atom is 0.305 e. The van der Waals surface area contributed by atoms with E-state index in [9.17, 15) is 14.4 Å². The number of oxazole rings is 1. The molecule has 0 saturated carbocycles. The first-order valence-corrected chi connectivity index (χ1v) is 13.6. The SMILES string of the molecule is CCOC(=O)CCCN1C(=O)/C(=C\c2ccc(C(=O)CCc3nc(-c4ccccc4)oc3C)cc2)SC1=S. The summed E-state index contributed by atoms with van der Waals surface area (Å²) in [5, 5.41) is 0. The number of Topliss-reactive ketones (excluding diaryl/α,β-unsaturated/α-hetero) is 1. The lowest BCUT2D eigenvalue weighted by atomic mass is 10.0. The van der Waals surface area contributed by atoms with Crippen LogP contribution in [0.5, 0.6) is 0 Å². The van der Waals surface area contributed by atoms with Crippen molar-refractivity contribution < 1.29 is 23.5 Å². The minimum atomic E-state index is -0.281. The van der Waals surface area contributed by atoms with E-state index < -0.39 is 0 Å². The standard InChI is InChI=1S/C29H28N2O5S2/c1-3-35-26(33)10-7-17-31-28(34)25(38-29(31)37)18-20-11-13-21(14-12-20)24(32)16-15-23-19(2)36-27(30-23)22-8-5-4-6-9-22/h4-6,8-9,11-14,18H,3,7,10,15-17H2,1-2H3/b25-18+. The van der Waals surface area contributed by atoms with Gasteiger partial charge in [-0.05, 0) is 44.0 Å². The quantitative estimate of drug-likeness (QED) is 0.125. The number of ether oxygens (including phenoxy) is 1. The Morgan fingerprint density at radius 2 is 1.84 bits per heavy atom. The van der Waals surface area contributed by atoms with Crippen LogP contribution in [-0.2, 0) is 20.7 Å². The topological polar surface area (TPSA) is 89.7 Å². The lowest BCUT2D eigenvalue weighted by Gasteiger charge is -2.13. The predicted molar refractivity (Wildman–Crippen MR) is 152 cm³/mol. The third kappa shape index (κ3) is 6.85. The monoisotopic (exact) mass is 548 g/mol. The molecule has 2 aromatic carbocycles. The van der Waals surface area contributed by atoms with E-state index in [0.29, 0.717) is 58.9 Å². The first-order chi connectivity index (χ1) is 18.4. The molecule has 0 bridgehead atoms. The van der Waals surface area contributed by atoms with Crippen molar-refractivity contribution >= 4 is 52.0 Å². The second-order valence-corrected chi connectivity index (χ2v) is 10.4. The van der Waals surface area contributed by atoms with E-state index in [1.165, 1.54) is 16.7 Å². The van der Waals surface area contributed by atoms with E-state index in [0.717, 1.165) is 16.8 Å². The van der Waals surface area contributed by atoms with Gasteiger partial charge in [0.2, 0.25) is 5.89 Å². The summed E-state index contributed by atoms with van der Waals surface area (Å²) < 4.78 is 11.2. The van der Waals surface area contributed by atoms with Crippen LogP contribution in [0.25, 0.3) is 17.5 Å². The fourth-order valence-corrected chi connectivity index (χ4v) is 5.27. The molecule has 1 amide bonds. The molecular formula is C29H28N2O5S2. The normalized spacial score (nSPS) is 14.4. The summed E-state index contributed by atoms with van der Waals surface area (Å²) in [5.41, 5.74) is 3.07. The van der Waals surface area contributed by atoms with Gasteiger partial charge in [-0.15, -0.1) is 0 Å². The van der Waals surface area contributed by atoms with Gasteiger partial charge in [0.1, 0.15) is 10.1 Å². The molecule has 196 valence electrons. The van der Waals surface area contributed by atoms with Crippen LogP contribution in [0.1, 0.15) is 53.6 Å². The first kappa shape index (κ1) is 27.5. The molecule has 38 heavy (non-hydrogen) atoms. The number of carbonyl (C=O) groups is 3. The Bertz CT molecular complexity index is 1360. The first-order valence-electron chi connectivity index (χ1n) is 12.4. The van der Waals surface area contributed by atoms with Crippen LogP contribution in [0, 0.1) is 6.92 Å². The van der Waals surface area contributed by atoms with Crippen LogP contribution in [0.15, 0.2) is 63.9 Å². The molecule has 3 aromatic rings. The molecule has 0 spiro atoms. The average molecular weight is 549 g/mol. The summed E-state index contributed by atoms with van der Waals surface area (Å²) >= 11 is 6.59. The van der Waals surface area contributed by atoms with Crippen molar-refractivity contribution in [2.75, 3.05) is 13.2 Å². The van der Waals surface area contributed by atoms with Gasteiger partial charge in [-0.25, -0.2) is 4.98 Å². The molecule has 1 fully saturated rings. The third-order valence-corrected chi connectivity index (χ3v) is 7.35. The second kappa shape index (κ2) is 12.8. The summed E-state index contributed by atoms with van der Waals surface area (Å²) in [5.74, 6) is 0.815. The maximum atomic E-state index is 12.8. The number of esters is 1. The summed E-state index contributed by atoms with van der Waals surface area (Å²) in [6.07, 6.45) is 3.29. The van der Waals surface area contributed by atoms with Crippen molar-refractivity contribution in [2.45, 2.75) is 39.5 Å². The minimum Gasteiger partial charge on any atom is -0.466 e. The zero-order chi connectivity index (χ0) is 27.1. The molecule has 7 nitrogen and oxygen atoms in total. The van der Waals surface area contributed by atoms with Gasteiger partial charge in [-0.3, -0.25) is 19.3 Å². The number of aromatic nitrogens is 1. The second-order valence-electron chi connectivity index (χ2n) is 8.68. The van der Waals surface area contributed by atoms with Gasteiger partial charge in [-0.2, -0.15) is 0 Å². The van der Waals surface area contributed by atoms with Crippen molar-refractivity contribution in [1.82, 2.24) is 9.88 Å². The van der Waals surface area contributed by atoms with E-state index in [2.05, 4.69) is 4.98 Å². The number of hydrogen-bond donors (Lipinski definition) is 0. The number of nitrogens with zero attached hydrogens (tertiary/aromatic N) is 2. The number of thioether (sulfide) groups is 1. The highest BCUT2D eigenvalue weighted by molar-refractivity contribution is 8.26. The van der Waals surface area contributed by atoms with E-state index in [-0.39, 0.29) is 24.1 Å². The molecule has 1 aliphatic heterocycles. The smallest absolute Gasteiger partial charge is 0.305 e. The number of carbonyl (C=O) groups excluding carboxylic acids is 3. The average Bonchev–Trinajstić information content (AvgIpc) is 3.42. The van der Waals surface area contributed by atoms with Crippen LogP contribution < -0.4 is 0 Å². The highest BCUT2D eigenvalue weighted by Crippen LogP contribution is 2.33. The molecule has 0 N–H and O–H groups in total. The zero-order valence-electron chi connectivity index (χ0n) is 21.3. The number of benzene rings is 2. The predicted octanol–water partition coefficient (Wildman–Crippen LogP) is 6.01. The molecular weight excluding hydrogens is 520 g/mol. The van der Waals surface area contributed by atoms with Crippen LogP contribution in [0.2, 0.25) is 0 Å². The van der Waals surface area contributed by atoms with Crippen molar-refractivity contribution in [3.8, 4) is 11.5 Å². The van der Waals surface area contributed by atoms with Gasteiger partial charge >= 0.3 is 5.97 Å². The van der Waals surface area contributed by atoms with Gasteiger partial charge < -0.3 is 9.15 Å². The molecule has 0 radical (unpaired) electrons. The van der Waals surface area contributed by atoms with Gasteiger partial charge in [0.15, 0.2) is 5.78 Å². The Morgan fingerprint density at radius 1 is 1.11 bits per heavy atom. The van der Waals surface area contributed by atoms with E-state index in [1.54, 1.807) is 25.1 Å². The number of hydrogen-bond acceptors (Lipinski definition) is 8. The zero-order valence-corrected chi connectivity index (χ0v) is 22.9. The Balaban J connectivity index is 1.32. The number of ketones is 1. The maximum absolute atomic E-state index is 12.8. The van der Waals surface area contributed by atoms with Crippen molar-refractivity contribution in [1.29, 1.82) is 0 Å². The Morgan fingerprint density at radius 3 is 2.55 bits per heavy atom. The molecule has 1 aromatic heterocycles. The molecule has 2 heterocycles. The Kier molecular flexibility index (Phi) is 9.25. The number of amides is 1. The number of thiocarbonyl (C=S) groups is 1. The fourth-order valence-electron chi connectivity index (χ4n) is 3.96. The summed E-state index contributed by atoms with van der Waals surface area (Å²) in [6, 6.07) is 16.8. The molecule has 0 unspecified atom stereocenters. The summed E-state index contributed by atoms with van der Waals surface area (Å²) in [7, 11) is 0. The van der Waals surface area contributed by atoms with Crippen LogP contribution >= 0.6 is 24.0 Å². The third-order valence-electron chi connectivity index (χ3n) is 5.97. The van der Waals surface area contributed by atoms with Crippen LogP contribution in [-0.4, -0.2) is 45.0 Å². The van der Waals surface area contributed by atoms with Gasteiger partial charge in [0.05, 0.1) is 17.2 Å². The molecule has 4 rings (SSSR count). The molecule has 0 aliphatic carbocycles. The highest BCUT2D eigenvalue weighted by atomic mass is 32.2. The van der Waals surface area contributed by atoms with Crippen LogP contribution in [0.4, 0.5) is 0 Å². The summed E-state index contributed by atoms with van der Waals surface area (Å²) in [4.78, 5) is 43.7. The Labute approximate surface area is 231 Å². The lowest BCUT2D eigenvalue weighted by molar-refractivity contribution is -0.143. The van der Waals surface area contributed by atoms with E-state index in [4.69, 9.17) is 21.4 Å². The molecule has 1 saturated heterocycles. The highest BCUT2D eigenvalue weighted by Gasteiger charge is 2.31. The van der Waals surface area contributed by atoms with Crippen molar-refractivity contribution in [3.63, 3.8) is 0 Å². The van der Waals surface area contributed by atoms with Gasteiger partial charge in [0.25, 0.3) is 5.91 Å². The van der Waals surface area contributed by atoms with Gasteiger partial charge in [-0.1, -0.05) is 66.4 Å².